The summed E-state index contributed by atoms with van der Waals surface area (Å²) in [5, 5.41) is 0. The second kappa shape index (κ2) is 18.1. The third-order valence-electron chi connectivity index (χ3n) is 9.25. The molecule has 8 nitrogen and oxygen atoms in total. The number of aromatic amines is 2. The first-order valence-electron chi connectivity index (χ1n) is 18.8. The van der Waals surface area contributed by atoms with Gasteiger partial charge in [-0.2, -0.15) is 0 Å². The number of hydrogen-bond donors (Lipinski definition) is 2. The number of aromatic nitrogens is 4. The summed E-state index contributed by atoms with van der Waals surface area (Å²) in [4.78, 5) is 17.1. The normalized spacial score (nSPS) is 11.1. The molecule has 0 bridgehead atoms. The molecule has 8 rings (SSSR count). The van der Waals surface area contributed by atoms with Gasteiger partial charge in [-0.25, -0.2) is 9.97 Å². The predicted octanol–water partition coefficient (Wildman–Crippen LogP) is 10.6. The maximum Gasteiger partial charge on any atom is 0.138 e. The maximum atomic E-state index is 5.92. The summed E-state index contributed by atoms with van der Waals surface area (Å²) in [6.45, 7) is 2.75. The minimum absolute atomic E-state index is 0.439. The summed E-state index contributed by atoms with van der Waals surface area (Å²) in [6, 6.07) is 57.0. The Labute approximate surface area is 326 Å². The van der Waals surface area contributed by atoms with Gasteiger partial charge in [-0.05, 0) is 48.5 Å². The molecular formula is C48H42N4O4. The van der Waals surface area contributed by atoms with E-state index < -0.39 is 0 Å². The lowest BCUT2D eigenvalue weighted by Crippen LogP contribution is -2.13. The Bertz CT molecular complexity index is 2110. The van der Waals surface area contributed by atoms with Gasteiger partial charge in [0.25, 0.3) is 0 Å². The molecule has 0 aliphatic carbocycles. The minimum atomic E-state index is 0.439. The Kier molecular flexibility index (Phi) is 11.7. The van der Waals surface area contributed by atoms with Crippen molar-refractivity contribution in [1.82, 2.24) is 19.9 Å². The fourth-order valence-electron chi connectivity index (χ4n) is 6.43. The Balaban J connectivity index is 0.747. The van der Waals surface area contributed by atoms with Crippen LogP contribution >= 0.6 is 0 Å². The number of nitrogens with zero attached hydrogens (tertiary/aromatic N) is 2. The predicted molar refractivity (Wildman–Crippen MR) is 222 cm³/mol. The van der Waals surface area contributed by atoms with Crippen molar-refractivity contribution in [2.24, 2.45) is 0 Å². The van der Waals surface area contributed by atoms with Gasteiger partial charge in [0.2, 0.25) is 0 Å². The van der Waals surface area contributed by atoms with Gasteiger partial charge < -0.3 is 28.9 Å². The molecule has 2 aromatic heterocycles. The van der Waals surface area contributed by atoms with Gasteiger partial charge in [0, 0.05) is 33.4 Å². The minimum Gasteiger partial charge on any atom is -0.491 e. The topological polar surface area (TPSA) is 94.3 Å². The summed E-state index contributed by atoms with van der Waals surface area (Å²) in [5.41, 5.74) is 10.1. The molecule has 0 saturated heterocycles. The van der Waals surface area contributed by atoms with E-state index in [0.717, 1.165) is 79.3 Å². The van der Waals surface area contributed by atoms with Crippen LogP contribution in [-0.4, -0.2) is 59.6 Å². The van der Waals surface area contributed by atoms with Gasteiger partial charge in [-0.15, -0.1) is 0 Å². The van der Waals surface area contributed by atoms with E-state index in [9.17, 15) is 0 Å². The highest BCUT2D eigenvalue weighted by Crippen LogP contribution is 2.35. The molecular weight excluding hydrogens is 697 g/mol. The van der Waals surface area contributed by atoms with E-state index in [4.69, 9.17) is 28.9 Å². The van der Waals surface area contributed by atoms with Crippen LogP contribution in [0.3, 0.4) is 0 Å². The van der Waals surface area contributed by atoms with Gasteiger partial charge in [0.05, 0.1) is 49.2 Å². The Morgan fingerprint density at radius 3 is 1.00 bits per heavy atom. The van der Waals surface area contributed by atoms with Crippen LogP contribution in [0.25, 0.3) is 67.8 Å². The van der Waals surface area contributed by atoms with Gasteiger partial charge in [-0.3, -0.25) is 0 Å². The van der Waals surface area contributed by atoms with E-state index in [-0.39, 0.29) is 0 Å². The zero-order valence-electron chi connectivity index (χ0n) is 30.9. The number of H-pyrrole nitrogens is 2. The van der Waals surface area contributed by atoms with Crippen LogP contribution in [0.2, 0.25) is 0 Å². The highest BCUT2D eigenvalue weighted by Gasteiger charge is 2.17. The number of ether oxygens (including phenoxy) is 4. The Morgan fingerprint density at radius 1 is 0.321 bits per heavy atom. The number of benzene rings is 6. The SMILES string of the molecule is c1ccc(-c2nc(-c3ccc(OCCOCCOCCOc4ccc(-c5nc(-c6ccccc6)c(-c6ccccc6)[nH]5)cc4)cc3)[nH]c2-c2ccccc2)cc1. The monoisotopic (exact) mass is 738 g/mol. The van der Waals surface area contributed by atoms with Crippen LogP contribution in [0.4, 0.5) is 0 Å². The average molecular weight is 739 g/mol. The molecule has 6 aromatic carbocycles. The molecule has 0 atom stereocenters. The standard InChI is InChI=1S/C48H42N4O4/c1-5-13-35(14-6-1)43-44(36-15-7-2-8-16-36)50-47(49-43)39-21-25-41(26-22-39)55-33-31-53-29-30-54-32-34-56-42-27-23-40(24-28-42)48-51-45(37-17-9-3-10-18-37)46(52-48)38-19-11-4-12-20-38/h1-28H,29-34H2,(H,49,50)(H,51,52). The van der Waals surface area contributed by atoms with Crippen molar-refractivity contribution < 1.29 is 18.9 Å². The van der Waals surface area contributed by atoms with E-state index in [1.54, 1.807) is 0 Å². The van der Waals surface area contributed by atoms with E-state index in [2.05, 4.69) is 58.5 Å². The lowest BCUT2D eigenvalue weighted by atomic mass is 10.1. The van der Waals surface area contributed by atoms with Crippen molar-refractivity contribution in [2.75, 3.05) is 39.6 Å². The first-order chi connectivity index (χ1) is 27.8. The molecule has 2 N–H and O–H groups in total. The number of nitrogens with one attached hydrogen (secondary N) is 2. The Morgan fingerprint density at radius 2 is 0.643 bits per heavy atom. The molecule has 0 fully saturated rings. The van der Waals surface area contributed by atoms with Crippen LogP contribution in [-0.2, 0) is 9.47 Å². The molecule has 8 aromatic rings. The van der Waals surface area contributed by atoms with Crippen LogP contribution in [0.1, 0.15) is 0 Å². The van der Waals surface area contributed by atoms with Crippen molar-refractivity contribution in [3.8, 4) is 79.3 Å². The first kappa shape index (κ1) is 36.2. The Hall–Kier alpha value is -6.74. The van der Waals surface area contributed by atoms with Crippen LogP contribution in [0.15, 0.2) is 170 Å². The second-order valence-electron chi connectivity index (χ2n) is 13.1. The van der Waals surface area contributed by atoms with Crippen LogP contribution in [0, 0.1) is 0 Å². The summed E-state index contributed by atoms with van der Waals surface area (Å²) in [5.74, 6) is 3.16. The summed E-state index contributed by atoms with van der Waals surface area (Å²) < 4.78 is 23.3. The number of hydrogen-bond acceptors (Lipinski definition) is 6. The zero-order valence-corrected chi connectivity index (χ0v) is 30.9. The molecule has 8 heteroatoms. The van der Waals surface area contributed by atoms with Crippen molar-refractivity contribution in [3.63, 3.8) is 0 Å². The molecule has 0 aliphatic rings. The number of imidazole rings is 2. The third kappa shape index (κ3) is 8.96. The van der Waals surface area contributed by atoms with E-state index in [0.29, 0.717) is 39.6 Å². The molecule has 0 aliphatic heterocycles. The quantitative estimate of drug-likeness (QED) is 0.0904. The van der Waals surface area contributed by atoms with Gasteiger partial charge >= 0.3 is 0 Å². The molecule has 0 saturated carbocycles. The largest absolute Gasteiger partial charge is 0.491 e. The molecule has 278 valence electrons. The van der Waals surface area contributed by atoms with Crippen molar-refractivity contribution >= 4 is 0 Å². The molecule has 56 heavy (non-hydrogen) atoms. The van der Waals surface area contributed by atoms with Crippen molar-refractivity contribution in [1.29, 1.82) is 0 Å². The summed E-state index contributed by atoms with van der Waals surface area (Å²) in [6.07, 6.45) is 0. The fraction of sp³-hybridized carbons (Fsp3) is 0.125. The van der Waals surface area contributed by atoms with Crippen LogP contribution < -0.4 is 9.47 Å². The van der Waals surface area contributed by atoms with Crippen molar-refractivity contribution in [2.45, 2.75) is 0 Å². The molecule has 0 amide bonds. The summed E-state index contributed by atoms with van der Waals surface area (Å²) >= 11 is 0. The lowest BCUT2D eigenvalue weighted by Gasteiger charge is -2.09. The molecule has 0 spiro atoms. The fourth-order valence-corrected chi connectivity index (χ4v) is 6.43. The average Bonchev–Trinajstić information content (AvgIpc) is 3.93. The third-order valence-corrected chi connectivity index (χ3v) is 9.25. The van der Waals surface area contributed by atoms with E-state index >= 15 is 0 Å². The second-order valence-corrected chi connectivity index (χ2v) is 13.1. The zero-order chi connectivity index (χ0) is 37.8. The molecule has 0 radical (unpaired) electrons. The van der Waals surface area contributed by atoms with Gasteiger partial charge in [0.15, 0.2) is 0 Å². The maximum absolute atomic E-state index is 5.92. The smallest absolute Gasteiger partial charge is 0.138 e. The van der Waals surface area contributed by atoms with E-state index in [1.165, 1.54) is 0 Å². The highest BCUT2D eigenvalue weighted by atomic mass is 16.6. The van der Waals surface area contributed by atoms with Crippen LogP contribution in [0.5, 0.6) is 11.5 Å². The van der Waals surface area contributed by atoms with Gasteiger partial charge in [-0.1, -0.05) is 121 Å². The number of rotatable bonds is 17. The summed E-state index contributed by atoms with van der Waals surface area (Å²) in [7, 11) is 0. The highest BCUT2D eigenvalue weighted by molar-refractivity contribution is 5.82. The van der Waals surface area contributed by atoms with Crippen molar-refractivity contribution in [3.05, 3.63) is 170 Å². The molecule has 0 unspecified atom stereocenters. The van der Waals surface area contributed by atoms with Gasteiger partial charge in [0.1, 0.15) is 36.4 Å². The molecule has 2 heterocycles. The lowest BCUT2D eigenvalue weighted by molar-refractivity contribution is 0.0273. The first-order valence-corrected chi connectivity index (χ1v) is 18.8. The van der Waals surface area contributed by atoms with E-state index in [1.807, 2.05) is 121 Å².